The molecule has 18 aromatic rings. The number of oxazole rings is 1. The van der Waals surface area contributed by atoms with Crippen LogP contribution in [0.2, 0.25) is 0 Å². The van der Waals surface area contributed by atoms with Crippen molar-refractivity contribution in [2.24, 2.45) is 0 Å². The maximum Gasteiger partial charge on any atom is 0.230 e. The van der Waals surface area contributed by atoms with Gasteiger partial charge in [-0.15, -0.1) is 0 Å². The second kappa shape index (κ2) is 19.5. The van der Waals surface area contributed by atoms with Crippen molar-refractivity contribution < 1.29 is 4.42 Å². The lowest BCUT2D eigenvalue weighted by Gasteiger charge is -2.30. The quantitative estimate of drug-likeness (QED) is 0.152. The molecule has 0 aliphatic heterocycles. The summed E-state index contributed by atoms with van der Waals surface area (Å²) in [7, 11) is 0. The predicted molar refractivity (Wildman–Crippen MR) is 370 cm³/mol. The Kier molecular flexibility index (Phi) is 11.1. The number of para-hydroxylation sites is 6. The zero-order chi connectivity index (χ0) is 59.2. The maximum atomic E-state index is 7.57. The molecule has 0 unspecified atom stereocenters. The van der Waals surface area contributed by atoms with Gasteiger partial charge in [-0.1, -0.05) is 192 Å². The van der Waals surface area contributed by atoms with E-state index in [4.69, 9.17) is 14.4 Å². The molecule has 0 amide bonds. The Morgan fingerprint density at radius 1 is 0.258 bits per heavy atom. The van der Waals surface area contributed by atoms with Gasteiger partial charge in [-0.05, 0) is 130 Å². The highest BCUT2D eigenvalue weighted by molar-refractivity contribution is 6.19. The molecule has 0 radical (unpaired) electrons. The van der Waals surface area contributed by atoms with Crippen LogP contribution < -0.4 is 0 Å². The van der Waals surface area contributed by atoms with Crippen LogP contribution in [-0.4, -0.2) is 28.2 Å². The largest absolute Gasteiger partial charge is 0.436 e. The first-order valence-corrected chi connectivity index (χ1v) is 30.6. The average Bonchev–Trinajstić information content (AvgIpc) is 1.62. The van der Waals surface area contributed by atoms with Gasteiger partial charge in [0.05, 0.1) is 83.8 Å². The second-order valence-electron chi connectivity index (χ2n) is 24.0. The number of fused-ring (bicyclic) bond motifs is 13. The number of hydrogen-bond donors (Lipinski definition) is 0. The van der Waals surface area contributed by atoms with Crippen LogP contribution in [-0.2, 0) is 0 Å². The molecule has 0 atom stereocenters. The summed E-state index contributed by atoms with van der Waals surface area (Å²) in [6.07, 6.45) is 0. The van der Waals surface area contributed by atoms with Crippen molar-refractivity contribution in [3.05, 3.63) is 289 Å². The number of aryl methyl sites for hydroxylation is 4. The Labute approximate surface area is 512 Å². The minimum Gasteiger partial charge on any atom is -0.436 e. The molecule has 0 saturated heterocycles. The van der Waals surface area contributed by atoms with Crippen molar-refractivity contribution in [2.75, 3.05) is 0 Å². The van der Waals surface area contributed by atoms with Crippen molar-refractivity contribution >= 4 is 98.3 Å². The second-order valence-corrected chi connectivity index (χ2v) is 24.0. The molecule has 0 fully saturated rings. The number of aromatic nitrogens is 6. The molecular weight excluding hydrogens is 1080 g/mol. The van der Waals surface area contributed by atoms with E-state index < -0.39 is 0 Å². The van der Waals surface area contributed by atoms with E-state index in [1.807, 2.05) is 12.1 Å². The van der Waals surface area contributed by atoms with E-state index >= 15 is 0 Å². The number of pyridine rings is 1. The molecule has 0 bridgehead atoms. The fourth-order valence-electron chi connectivity index (χ4n) is 14.5. The SMILES string of the molecule is Cc1ccc2c(c1)c1ccccc1n2-c1c(-c2cc(-c3ccccc3)nc(-c3ccccc3)c2)c(-c2nc3ccccc3o2)c(-n2c3ccccc3c3cc(C)ccc32)c(-n2c3ccccc3c3cc(C)ccc32)c1-n1c2ccccc2c2cc(C)ccc21. The minimum atomic E-state index is 0.480. The van der Waals surface area contributed by atoms with Gasteiger partial charge in [-0.3, -0.25) is 0 Å². The van der Waals surface area contributed by atoms with E-state index in [0.717, 1.165) is 155 Å². The smallest absolute Gasteiger partial charge is 0.230 e. The summed E-state index contributed by atoms with van der Waals surface area (Å²) in [6, 6.07) is 97.7. The van der Waals surface area contributed by atoms with Crippen LogP contribution in [0.15, 0.2) is 271 Å². The summed E-state index contributed by atoms with van der Waals surface area (Å²) in [5, 5.41) is 9.19. The Hall–Kier alpha value is -11.5. The summed E-state index contributed by atoms with van der Waals surface area (Å²) in [6.45, 7) is 8.80. The van der Waals surface area contributed by atoms with Gasteiger partial charge in [-0.2, -0.15) is 0 Å². The van der Waals surface area contributed by atoms with Crippen LogP contribution in [0.25, 0.3) is 166 Å². The molecular formula is C82H56N6O. The molecule has 7 nitrogen and oxygen atoms in total. The van der Waals surface area contributed by atoms with E-state index in [2.05, 4.69) is 301 Å². The highest BCUT2D eigenvalue weighted by Crippen LogP contribution is 2.55. The molecule has 0 aliphatic rings. The Balaban J connectivity index is 1.23. The summed E-state index contributed by atoms with van der Waals surface area (Å²) in [4.78, 5) is 11.4. The fraction of sp³-hybridized carbons (Fsp3) is 0.0488. The maximum absolute atomic E-state index is 7.57. The summed E-state index contributed by atoms with van der Waals surface area (Å²) >= 11 is 0. The Morgan fingerprint density at radius 3 is 0.978 bits per heavy atom. The Bertz CT molecular complexity index is 5880. The first kappa shape index (κ1) is 50.8. The van der Waals surface area contributed by atoms with E-state index in [0.29, 0.717) is 11.5 Å². The highest BCUT2D eigenvalue weighted by Gasteiger charge is 2.37. The lowest BCUT2D eigenvalue weighted by molar-refractivity contribution is 0.619. The van der Waals surface area contributed by atoms with Crippen LogP contribution in [0.5, 0.6) is 0 Å². The lowest BCUT2D eigenvalue weighted by atomic mass is 9.90. The zero-order valence-electron chi connectivity index (χ0n) is 49.5. The van der Waals surface area contributed by atoms with Crippen molar-refractivity contribution in [2.45, 2.75) is 27.7 Å². The van der Waals surface area contributed by atoms with Crippen molar-refractivity contribution in [3.63, 3.8) is 0 Å². The molecule has 0 saturated carbocycles. The monoisotopic (exact) mass is 1140 g/mol. The molecule has 0 spiro atoms. The molecule has 0 N–H and O–H groups in total. The van der Waals surface area contributed by atoms with Gasteiger partial charge in [0.1, 0.15) is 5.52 Å². The first-order valence-electron chi connectivity index (χ1n) is 30.6. The van der Waals surface area contributed by atoms with E-state index in [1.165, 1.54) is 22.3 Å². The zero-order valence-corrected chi connectivity index (χ0v) is 49.5. The number of nitrogens with zero attached hydrogens (tertiary/aromatic N) is 6. The fourth-order valence-corrected chi connectivity index (χ4v) is 14.5. The van der Waals surface area contributed by atoms with Crippen LogP contribution in [0, 0.1) is 27.7 Å². The summed E-state index contributed by atoms with van der Waals surface area (Å²) < 4.78 is 17.9. The topological polar surface area (TPSA) is 58.6 Å². The predicted octanol–water partition coefficient (Wildman–Crippen LogP) is 21.5. The van der Waals surface area contributed by atoms with Gasteiger partial charge in [0, 0.05) is 59.8 Å². The van der Waals surface area contributed by atoms with Gasteiger partial charge >= 0.3 is 0 Å². The van der Waals surface area contributed by atoms with Gasteiger partial charge in [0.2, 0.25) is 5.89 Å². The third-order valence-corrected chi connectivity index (χ3v) is 18.4. The van der Waals surface area contributed by atoms with Crippen LogP contribution >= 0.6 is 0 Å². The van der Waals surface area contributed by atoms with Gasteiger partial charge in [-0.25, -0.2) is 9.97 Å². The molecule has 6 aromatic heterocycles. The van der Waals surface area contributed by atoms with E-state index in [1.54, 1.807) is 0 Å². The Morgan fingerprint density at radius 2 is 0.584 bits per heavy atom. The van der Waals surface area contributed by atoms with Gasteiger partial charge < -0.3 is 22.7 Å². The molecule has 18 rings (SSSR count). The van der Waals surface area contributed by atoms with Crippen molar-refractivity contribution in [1.29, 1.82) is 0 Å². The van der Waals surface area contributed by atoms with Crippen LogP contribution in [0.3, 0.4) is 0 Å². The molecule has 6 heterocycles. The standard InChI is InChI=1S/C82H56N6O/c1-49-35-39-71-60(43-49)56-25-11-16-30-67(56)85(71)78-76(55-47-65(53-21-7-5-8-22-53)83-66(48-55)54-23-9-6-10-24-54)77(82-84-64-29-15-20-34-75(64)89-82)79(86-68-31-17-12-26-57(68)61-44-50(2)36-40-72(61)86)81(88-70-33-19-14-28-59(70)63-46-52(4)38-42-74(63)88)80(78)87-69-32-18-13-27-58(69)62-45-51(3)37-41-73(62)87/h5-48H,1-4H3. The first-order chi connectivity index (χ1) is 43.8. The number of hydrogen-bond acceptors (Lipinski definition) is 3. The molecule has 12 aromatic carbocycles. The van der Waals surface area contributed by atoms with Crippen LogP contribution in [0.1, 0.15) is 22.3 Å². The molecule has 89 heavy (non-hydrogen) atoms. The number of benzene rings is 12. The molecule has 420 valence electrons. The average molecular weight is 1140 g/mol. The summed E-state index contributed by atoms with van der Waals surface area (Å²) in [5.41, 5.74) is 24.7. The lowest BCUT2D eigenvalue weighted by Crippen LogP contribution is -2.16. The van der Waals surface area contributed by atoms with Crippen molar-refractivity contribution in [1.82, 2.24) is 28.2 Å². The van der Waals surface area contributed by atoms with Gasteiger partial charge in [0.25, 0.3) is 0 Å². The molecule has 0 aliphatic carbocycles. The third kappa shape index (κ3) is 7.65. The minimum absolute atomic E-state index is 0.480. The van der Waals surface area contributed by atoms with E-state index in [9.17, 15) is 0 Å². The van der Waals surface area contributed by atoms with Crippen LogP contribution in [0.4, 0.5) is 0 Å². The molecule has 7 heteroatoms. The summed E-state index contributed by atoms with van der Waals surface area (Å²) in [5.74, 6) is 0.480. The number of rotatable bonds is 8. The normalized spacial score (nSPS) is 12.0. The highest BCUT2D eigenvalue weighted by atomic mass is 16.3. The third-order valence-electron chi connectivity index (χ3n) is 18.4. The van der Waals surface area contributed by atoms with Crippen molar-refractivity contribution in [3.8, 4) is 67.8 Å². The van der Waals surface area contributed by atoms with Gasteiger partial charge in [0.15, 0.2) is 5.58 Å². The van der Waals surface area contributed by atoms with E-state index in [-0.39, 0.29) is 0 Å².